The molecule has 4 rings (SSSR count). The standard InChI is InChI=1S/C26H24FN3O3S/c1-28-26-30(23(17-34-26)20-7-11-22(31-2)12-8-20)29-15-19-6-13-24(25(14-19)32-3)33-16-18-4-9-21(27)10-5-18/h4-15,17H,16H2,1-3H3. The minimum absolute atomic E-state index is 0.275. The van der Waals surface area contributed by atoms with Crippen LogP contribution in [-0.2, 0) is 6.61 Å². The monoisotopic (exact) mass is 477 g/mol. The van der Waals surface area contributed by atoms with Crippen molar-refractivity contribution >= 4 is 17.6 Å². The van der Waals surface area contributed by atoms with Gasteiger partial charge in [-0.3, -0.25) is 4.99 Å². The Morgan fingerprint density at radius 2 is 1.71 bits per heavy atom. The molecule has 0 N–H and O–H groups in total. The van der Waals surface area contributed by atoms with Gasteiger partial charge in [0.15, 0.2) is 11.5 Å². The van der Waals surface area contributed by atoms with Gasteiger partial charge in [-0.2, -0.15) is 5.10 Å². The molecule has 0 atom stereocenters. The lowest BCUT2D eigenvalue weighted by Crippen LogP contribution is -2.11. The van der Waals surface area contributed by atoms with Crippen molar-refractivity contribution in [1.29, 1.82) is 0 Å². The average molecular weight is 478 g/mol. The molecule has 0 aliphatic carbocycles. The Bertz CT molecular complexity index is 1340. The van der Waals surface area contributed by atoms with Gasteiger partial charge in [0.1, 0.15) is 18.2 Å². The Morgan fingerprint density at radius 1 is 0.941 bits per heavy atom. The highest BCUT2D eigenvalue weighted by Crippen LogP contribution is 2.29. The van der Waals surface area contributed by atoms with Crippen LogP contribution in [0.2, 0.25) is 0 Å². The molecular formula is C26H24FN3O3S. The second-order valence-corrected chi connectivity index (χ2v) is 8.07. The first-order chi connectivity index (χ1) is 16.6. The summed E-state index contributed by atoms with van der Waals surface area (Å²) in [6, 6.07) is 19.6. The van der Waals surface area contributed by atoms with Gasteiger partial charge in [-0.25, -0.2) is 9.07 Å². The van der Waals surface area contributed by atoms with Crippen LogP contribution in [0.4, 0.5) is 4.39 Å². The Balaban J connectivity index is 1.56. The van der Waals surface area contributed by atoms with E-state index in [9.17, 15) is 4.39 Å². The molecule has 0 aliphatic rings. The van der Waals surface area contributed by atoms with E-state index in [1.807, 2.05) is 47.8 Å². The van der Waals surface area contributed by atoms with E-state index >= 15 is 0 Å². The van der Waals surface area contributed by atoms with Crippen LogP contribution in [0.1, 0.15) is 11.1 Å². The Hall–Kier alpha value is -3.91. The third-order valence-electron chi connectivity index (χ3n) is 5.08. The number of methoxy groups -OCH3 is 2. The first-order valence-electron chi connectivity index (χ1n) is 10.5. The molecule has 0 unspecified atom stereocenters. The molecule has 0 aliphatic heterocycles. The molecule has 8 heteroatoms. The largest absolute Gasteiger partial charge is 0.497 e. The quantitative estimate of drug-likeness (QED) is 0.321. The number of hydrogen-bond donors (Lipinski definition) is 0. The number of benzene rings is 3. The average Bonchev–Trinajstić information content (AvgIpc) is 3.30. The fraction of sp³-hybridized carbons (Fsp3) is 0.154. The highest BCUT2D eigenvalue weighted by Gasteiger charge is 2.09. The molecule has 6 nitrogen and oxygen atoms in total. The third kappa shape index (κ3) is 5.35. The molecule has 34 heavy (non-hydrogen) atoms. The van der Waals surface area contributed by atoms with Crippen LogP contribution in [0.15, 0.2) is 82.2 Å². The zero-order chi connectivity index (χ0) is 23.9. The predicted molar refractivity (Wildman–Crippen MR) is 133 cm³/mol. The van der Waals surface area contributed by atoms with Gasteiger partial charge >= 0.3 is 0 Å². The van der Waals surface area contributed by atoms with Crippen molar-refractivity contribution in [3.63, 3.8) is 0 Å². The van der Waals surface area contributed by atoms with E-state index < -0.39 is 0 Å². The summed E-state index contributed by atoms with van der Waals surface area (Å²) in [4.78, 5) is 5.12. The topological polar surface area (TPSA) is 57.3 Å². The molecule has 0 amide bonds. The number of thiazole rings is 1. The first-order valence-corrected chi connectivity index (χ1v) is 11.4. The fourth-order valence-electron chi connectivity index (χ4n) is 3.27. The molecule has 3 aromatic carbocycles. The second kappa shape index (κ2) is 10.8. The van der Waals surface area contributed by atoms with Gasteiger partial charge in [0.2, 0.25) is 4.80 Å². The predicted octanol–water partition coefficient (Wildman–Crippen LogP) is 5.36. The van der Waals surface area contributed by atoms with Crippen LogP contribution in [0.5, 0.6) is 17.2 Å². The van der Waals surface area contributed by atoms with Gasteiger partial charge in [-0.1, -0.05) is 12.1 Å². The van der Waals surface area contributed by atoms with Gasteiger partial charge in [-0.05, 0) is 65.7 Å². The molecule has 174 valence electrons. The van der Waals surface area contributed by atoms with Gasteiger partial charge in [-0.15, -0.1) is 11.3 Å². The molecular weight excluding hydrogens is 453 g/mol. The fourth-order valence-corrected chi connectivity index (χ4v) is 4.08. The van der Waals surface area contributed by atoms with E-state index in [1.54, 1.807) is 44.3 Å². The lowest BCUT2D eigenvalue weighted by Gasteiger charge is -2.11. The number of aromatic nitrogens is 1. The van der Waals surface area contributed by atoms with Gasteiger partial charge in [0.25, 0.3) is 0 Å². The van der Waals surface area contributed by atoms with Gasteiger partial charge in [0, 0.05) is 18.0 Å². The minimum Gasteiger partial charge on any atom is -0.497 e. The molecule has 1 aromatic heterocycles. The van der Waals surface area contributed by atoms with E-state index in [1.165, 1.54) is 23.5 Å². The van der Waals surface area contributed by atoms with Crippen LogP contribution in [0, 0.1) is 5.82 Å². The van der Waals surface area contributed by atoms with E-state index in [0.29, 0.717) is 18.1 Å². The Kier molecular flexibility index (Phi) is 7.39. The summed E-state index contributed by atoms with van der Waals surface area (Å²) in [7, 11) is 4.97. The third-order valence-corrected chi connectivity index (χ3v) is 5.99. The van der Waals surface area contributed by atoms with E-state index in [-0.39, 0.29) is 5.82 Å². The zero-order valence-corrected chi connectivity index (χ0v) is 19.9. The van der Waals surface area contributed by atoms with Crippen molar-refractivity contribution in [3.8, 4) is 28.5 Å². The lowest BCUT2D eigenvalue weighted by atomic mass is 10.2. The first kappa shape index (κ1) is 23.3. The maximum Gasteiger partial charge on any atom is 0.205 e. The van der Waals surface area contributed by atoms with Crippen molar-refractivity contribution in [2.45, 2.75) is 6.61 Å². The van der Waals surface area contributed by atoms with Crippen LogP contribution in [0.25, 0.3) is 11.3 Å². The van der Waals surface area contributed by atoms with Crippen molar-refractivity contribution in [1.82, 2.24) is 4.68 Å². The summed E-state index contributed by atoms with van der Waals surface area (Å²) in [6.07, 6.45) is 1.75. The SMILES string of the molecule is CN=c1scc(-c2ccc(OC)cc2)n1N=Cc1ccc(OCc2ccc(F)cc2)c(OC)c1. The van der Waals surface area contributed by atoms with E-state index in [2.05, 4.69) is 10.1 Å². The highest BCUT2D eigenvalue weighted by atomic mass is 32.1. The summed E-state index contributed by atoms with van der Waals surface area (Å²) >= 11 is 1.51. The molecule has 0 spiro atoms. The molecule has 4 aromatic rings. The number of nitrogens with zero attached hydrogens (tertiary/aromatic N) is 3. The number of halogens is 1. The summed E-state index contributed by atoms with van der Waals surface area (Å²) in [5, 5.41) is 6.70. The van der Waals surface area contributed by atoms with Crippen molar-refractivity contribution < 1.29 is 18.6 Å². The maximum atomic E-state index is 13.1. The van der Waals surface area contributed by atoms with Gasteiger partial charge < -0.3 is 14.2 Å². The van der Waals surface area contributed by atoms with Crippen LogP contribution >= 0.6 is 11.3 Å². The van der Waals surface area contributed by atoms with E-state index in [4.69, 9.17) is 14.2 Å². The zero-order valence-electron chi connectivity index (χ0n) is 19.1. The normalized spacial score (nSPS) is 11.7. The molecule has 0 saturated carbocycles. The van der Waals surface area contributed by atoms with E-state index in [0.717, 1.165) is 32.9 Å². The number of hydrogen-bond acceptors (Lipinski definition) is 6. The minimum atomic E-state index is -0.275. The van der Waals surface area contributed by atoms with Crippen LogP contribution < -0.4 is 19.0 Å². The van der Waals surface area contributed by atoms with Crippen LogP contribution in [-0.4, -0.2) is 32.2 Å². The molecule has 0 radical (unpaired) electrons. The van der Waals surface area contributed by atoms with Crippen molar-refractivity contribution in [3.05, 3.63) is 93.9 Å². The summed E-state index contributed by atoms with van der Waals surface area (Å²) in [5.74, 6) is 1.69. The van der Waals surface area contributed by atoms with Gasteiger partial charge in [0.05, 0.1) is 26.1 Å². The Morgan fingerprint density at radius 3 is 2.38 bits per heavy atom. The molecule has 0 fully saturated rings. The maximum absolute atomic E-state index is 13.1. The van der Waals surface area contributed by atoms with Crippen molar-refractivity contribution in [2.75, 3.05) is 21.3 Å². The second-order valence-electron chi connectivity index (χ2n) is 7.24. The highest BCUT2D eigenvalue weighted by molar-refractivity contribution is 7.07. The molecule has 0 bridgehead atoms. The smallest absolute Gasteiger partial charge is 0.205 e. The summed E-state index contributed by atoms with van der Waals surface area (Å²) < 4.78 is 31.5. The number of ether oxygens (including phenoxy) is 3. The summed E-state index contributed by atoms with van der Waals surface area (Å²) in [6.45, 7) is 0.307. The van der Waals surface area contributed by atoms with Crippen LogP contribution in [0.3, 0.4) is 0 Å². The number of rotatable bonds is 8. The lowest BCUT2D eigenvalue weighted by molar-refractivity contribution is 0.284. The summed E-state index contributed by atoms with van der Waals surface area (Å²) in [5.41, 5.74) is 3.64. The van der Waals surface area contributed by atoms with Crippen molar-refractivity contribution in [2.24, 2.45) is 10.1 Å². The molecule has 1 heterocycles. The molecule has 0 saturated heterocycles. The Labute approximate surface area is 201 Å².